The Morgan fingerprint density at radius 1 is 1.53 bits per heavy atom. The van der Waals surface area contributed by atoms with Crippen molar-refractivity contribution in [2.45, 2.75) is 37.1 Å². The number of hydrogen-bond acceptors (Lipinski definition) is 6. The van der Waals surface area contributed by atoms with E-state index in [1.54, 1.807) is 0 Å². The van der Waals surface area contributed by atoms with Crippen LogP contribution in [0.5, 0.6) is 0 Å². The first-order chi connectivity index (χ1) is 7.11. The zero-order valence-electron chi connectivity index (χ0n) is 7.87. The number of aliphatic hydroxyl groups excluding tert-OH is 3. The van der Waals surface area contributed by atoms with Crippen molar-refractivity contribution in [1.29, 1.82) is 0 Å². The van der Waals surface area contributed by atoms with Gasteiger partial charge < -0.3 is 30.1 Å². The fraction of sp³-hybridized carbons (Fsp3) is 0.875. The lowest BCUT2D eigenvalue weighted by Crippen LogP contribution is -2.34. The summed E-state index contributed by atoms with van der Waals surface area (Å²) in [5.74, 6) is 0. The molecule has 0 aromatic heterocycles. The van der Waals surface area contributed by atoms with Crippen LogP contribution in [0.4, 0.5) is 0 Å². The quantitative estimate of drug-likeness (QED) is 0.424. The maximum atomic E-state index is 9.78. The van der Waals surface area contributed by atoms with Crippen molar-refractivity contribution in [1.82, 2.24) is 5.32 Å². The Morgan fingerprint density at radius 2 is 2.27 bits per heavy atom. The highest BCUT2D eigenvalue weighted by Gasteiger charge is 2.50. The molecule has 0 aliphatic carbocycles. The van der Waals surface area contributed by atoms with Gasteiger partial charge in [-0.25, -0.2) is 0 Å². The molecule has 0 unspecified atom stereocenters. The minimum absolute atomic E-state index is 0.169. The molecule has 4 N–H and O–H groups in total. The van der Waals surface area contributed by atoms with Crippen molar-refractivity contribution < 1.29 is 24.8 Å². The highest BCUT2D eigenvalue weighted by Crippen LogP contribution is 2.28. The zero-order chi connectivity index (χ0) is 11.0. The van der Waals surface area contributed by atoms with Crippen LogP contribution >= 0.6 is 12.2 Å². The number of hydrogen-bond donors (Lipinski definition) is 4. The molecule has 6 nitrogen and oxygen atoms in total. The van der Waals surface area contributed by atoms with E-state index in [0.717, 1.165) is 0 Å². The molecule has 2 fully saturated rings. The summed E-state index contributed by atoms with van der Waals surface area (Å²) in [6.07, 6.45) is -3.09. The van der Waals surface area contributed by atoms with Gasteiger partial charge in [-0.3, -0.25) is 0 Å². The molecular weight excluding hydrogens is 222 g/mol. The van der Waals surface area contributed by atoms with Gasteiger partial charge >= 0.3 is 0 Å². The third-order valence-electron chi connectivity index (χ3n) is 2.56. The number of fused-ring (bicyclic) bond motifs is 1. The Labute approximate surface area is 91.8 Å². The summed E-state index contributed by atoms with van der Waals surface area (Å²) in [5, 5.41) is 30.6. The zero-order valence-corrected chi connectivity index (χ0v) is 8.68. The van der Waals surface area contributed by atoms with E-state index in [-0.39, 0.29) is 18.2 Å². The average molecular weight is 235 g/mol. The number of ether oxygens (including phenoxy) is 2. The monoisotopic (exact) mass is 235 g/mol. The molecule has 7 heteroatoms. The Balaban J connectivity index is 1.94. The van der Waals surface area contributed by atoms with E-state index in [1.807, 2.05) is 0 Å². The molecule has 0 saturated carbocycles. The van der Waals surface area contributed by atoms with Crippen LogP contribution < -0.4 is 5.32 Å². The smallest absolute Gasteiger partial charge is 0.259 e. The topological polar surface area (TPSA) is 91.2 Å². The summed E-state index contributed by atoms with van der Waals surface area (Å²) in [6.45, 7) is -0.353. The Bertz CT molecular complexity index is 263. The van der Waals surface area contributed by atoms with Gasteiger partial charge in [0, 0.05) is 6.42 Å². The molecule has 15 heavy (non-hydrogen) atoms. The predicted octanol–water partition coefficient (Wildman–Crippen LogP) is -1.91. The fourth-order valence-electron chi connectivity index (χ4n) is 1.80. The molecule has 5 atom stereocenters. The standard InChI is InChI=1S/C8H13NO5S/c10-2-3(11)1-4-5(12)6-7(13-4)9-8(15)14-6/h3-7,10-12H,1-2H2,(H,9,15)/t3-,4+,5+,6+,7-/m0/s1. The van der Waals surface area contributed by atoms with Crippen molar-refractivity contribution in [3.05, 3.63) is 0 Å². The van der Waals surface area contributed by atoms with Crippen molar-refractivity contribution in [2.75, 3.05) is 6.61 Å². The van der Waals surface area contributed by atoms with Crippen LogP contribution in [0.1, 0.15) is 6.42 Å². The molecule has 0 spiro atoms. The molecule has 2 rings (SSSR count). The summed E-state index contributed by atoms with van der Waals surface area (Å²) >= 11 is 4.76. The summed E-state index contributed by atoms with van der Waals surface area (Å²) in [6, 6.07) is 0. The molecule has 2 saturated heterocycles. The van der Waals surface area contributed by atoms with Gasteiger partial charge in [-0.1, -0.05) is 0 Å². The van der Waals surface area contributed by atoms with Crippen LogP contribution in [0, 0.1) is 0 Å². The number of thiocarbonyl (C=S) groups is 1. The van der Waals surface area contributed by atoms with E-state index in [2.05, 4.69) is 5.32 Å². The van der Waals surface area contributed by atoms with E-state index >= 15 is 0 Å². The van der Waals surface area contributed by atoms with Gasteiger partial charge in [-0.15, -0.1) is 0 Å². The van der Waals surface area contributed by atoms with Crippen molar-refractivity contribution in [3.63, 3.8) is 0 Å². The van der Waals surface area contributed by atoms with Gasteiger partial charge in [-0.2, -0.15) is 0 Å². The summed E-state index contributed by atoms with van der Waals surface area (Å²) < 4.78 is 10.5. The largest absolute Gasteiger partial charge is 0.460 e. The highest BCUT2D eigenvalue weighted by molar-refractivity contribution is 7.80. The van der Waals surface area contributed by atoms with E-state index < -0.39 is 30.6 Å². The highest BCUT2D eigenvalue weighted by atomic mass is 32.1. The van der Waals surface area contributed by atoms with Gasteiger partial charge in [0.2, 0.25) is 0 Å². The number of rotatable bonds is 3. The summed E-state index contributed by atoms with van der Waals surface area (Å²) in [7, 11) is 0. The van der Waals surface area contributed by atoms with Gasteiger partial charge in [0.25, 0.3) is 5.17 Å². The summed E-state index contributed by atoms with van der Waals surface area (Å²) in [5.41, 5.74) is 0. The third-order valence-corrected chi connectivity index (χ3v) is 2.77. The van der Waals surface area contributed by atoms with E-state index in [4.69, 9.17) is 26.8 Å². The first-order valence-electron chi connectivity index (χ1n) is 4.71. The van der Waals surface area contributed by atoms with Crippen LogP contribution in [0.15, 0.2) is 0 Å². The Morgan fingerprint density at radius 3 is 2.87 bits per heavy atom. The molecule has 0 aromatic carbocycles. The van der Waals surface area contributed by atoms with Gasteiger partial charge in [-0.05, 0) is 12.2 Å². The maximum absolute atomic E-state index is 9.78. The number of aliphatic hydroxyl groups is 3. The van der Waals surface area contributed by atoms with E-state index in [9.17, 15) is 10.2 Å². The second kappa shape index (κ2) is 4.18. The van der Waals surface area contributed by atoms with E-state index in [0.29, 0.717) is 0 Å². The van der Waals surface area contributed by atoms with Crippen LogP contribution in [0.2, 0.25) is 0 Å². The molecule has 86 valence electrons. The fourth-order valence-corrected chi connectivity index (χ4v) is 2.02. The normalized spacial score (nSPS) is 40.9. The van der Waals surface area contributed by atoms with Crippen molar-refractivity contribution >= 4 is 17.4 Å². The first-order valence-corrected chi connectivity index (χ1v) is 5.12. The van der Waals surface area contributed by atoms with Gasteiger partial charge in [0.15, 0.2) is 12.3 Å². The van der Waals surface area contributed by atoms with Gasteiger partial charge in [0.05, 0.1) is 18.8 Å². The first kappa shape index (κ1) is 11.0. The number of nitrogens with one attached hydrogen (secondary N) is 1. The second-order valence-electron chi connectivity index (χ2n) is 3.67. The molecule has 2 aliphatic heterocycles. The maximum Gasteiger partial charge on any atom is 0.259 e. The molecule has 2 aliphatic rings. The second-order valence-corrected chi connectivity index (χ2v) is 4.04. The Hall–Kier alpha value is -0.470. The molecular formula is C8H13NO5S. The molecule has 0 aromatic rings. The van der Waals surface area contributed by atoms with Crippen molar-refractivity contribution in [3.8, 4) is 0 Å². The molecule has 0 amide bonds. The van der Waals surface area contributed by atoms with Gasteiger partial charge in [0.1, 0.15) is 6.10 Å². The summed E-state index contributed by atoms with van der Waals surface area (Å²) in [4.78, 5) is 0. The molecule has 0 radical (unpaired) electrons. The van der Waals surface area contributed by atoms with Crippen LogP contribution in [0.25, 0.3) is 0 Å². The SMILES string of the molecule is OC[C@@H](O)C[C@H]1O[C@@H]2NC(=S)O[C@@H]2[C@@H]1O. The average Bonchev–Trinajstić information content (AvgIpc) is 2.67. The lowest BCUT2D eigenvalue weighted by atomic mass is 10.1. The van der Waals surface area contributed by atoms with Crippen LogP contribution in [0.3, 0.4) is 0 Å². The predicted molar refractivity (Wildman–Crippen MR) is 53.0 cm³/mol. The minimum Gasteiger partial charge on any atom is -0.460 e. The minimum atomic E-state index is -0.893. The molecule has 0 bridgehead atoms. The molecule has 2 heterocycles. The third kappa shape index (κ3) is 2.06. The lowest BCUT2D eigenvalue weighted by molar-refractivity contribution is -0.0335. The Kier molecular flexibility index (Phi) is 3.08. The van der Waals surface area contributed by atoms with Crippen molar-refractivity contribution in [2.24, 2.45) is 0 Å². The van der Waals surface area contributed by atoms with Crippen LogP contribution in [-0.4, -0.2) is 57.7 Å². The lowest BCUT2D eigenvalue weighted by Gasteiger charge is -2.18. The van der Waals surface area contributed by atoms with E-state index in [1.165, 1.54) is 0 Å². The van der Waals surface area contributed by atoms with Crippen LogP contribution in [-0.2, 0) is 9.47 Å².